The van der Waals surface area contributed by atoms with Gasteiger partial charge in [0.25, 0.3) is 6.57 Å². The molecule has 0 aromatic carbocycles. The van der Waals surface area contributed by atoms with E-state index in [1.165, 1.54) is 0 Å². The van der Waals surface area contributed by atoms with Crippen molar-refractivity contribution < 1.29 is 9.31 Å². The van der Waals surface area contributed by atoms with Gasteiger partial charge in [-0.2, -0.15) is 0 Å². The third-order valence-corrected chi connectivity index (χ3v) is 4.22. The second-order valence-corrected chi connectivity index (χ2v) is 6.02. The first-order valence-electron chi connectivity index (χ1n) is 6.58. The predicted octanol–water partition coefficient (Wildman–Crippen LogP) is 2.46. The molecule has 1 saturated heterocycles. The van der Waals surface area contributed by atoms with E-state index in [4.69, 9.17) is 15.9 Å². The maximum Gasteiger partial charge on any atom is 0.504 e. The Morgan fingerprint density at radius 1 is 1.25 bits per heavy atom. The van der Waals surface area contributed by atoms with Gasteiger partial charge in [0, 0.05) is 12.4 Å². The lowest BCUT2D eigenvalue weighted by atomic mass is 9.78. The summed E-state index contributed by atoms with van der Waals surface area (Å²) in [5.41, 5.74) is 1.33. The fourth-order valence-corrected chi connectivity index (χ4v) is 2.30. The molecule has 2 aromatic heterocycles. The van der Waals surface area contributed by atoms with Gasteiger partial charge in [-0.3, -0.25) is 0 Å². The van der Waals surface area contributed by atoms with Crippen molar-refractivity contribution in [2.45, 2.75) is 38.9 Å². The van der Waals surface area contributed by atoms with Crippen molar-refractivity contribution in [3.63, 3.8) is 0 Å². The molecule has 0 bridgehead atoms. The van der Waals surface area contributed by atoms with E-state index in [1.807, 2.05) is 33.8 Å². The van der Waals surface area contributed by atoms with E-state index in [-0.39, 0.29) is 0 Å². The van der Waals surface area contributed by atoms with Gasteiger partial charge in [0.15, 0.2) is 0 Å². The predicted molar refractivity (Wildman–Crippen MR) is 79.8 cm³/mol. The number of fused-ring (bicyclic) bond motifs is 1. The highest BCUT2D eigenvalue weighted by Gasteiger charge is 2.53. The van der Waals surface area contributed by atoms with Crippen LogP contribution in [-0.4, -0.2) is 28.3 Å². The monoisotopic (exact) mass is 270 g/mol. The molecule has 3 rings (SSSR count). The van der Waals surface area contributed by atoms with Crippen molar-refractivity contribution in [2.24, 2.45) is 0 Å². The minimum absolute atomic E-state index is 0.406. The number of aromatic nitrogens is 2. The molecule has 102 valence electrons. The Morgan fingerprint density at radius 2 is 1.90 bits per heavy atom. The van der Waals surface area contributed by atoms with Gasteiger partial charge in [-0.05, 0) is 38.6 Å². The van der Waals surface area contributed by atoms with Crippen LogP contribution in [0.25, 0.3) is 15.9 Å². The number of rotatable bonds is 1. The van der Waals surface area contributed by atoms with Crippen LogP contribution in [0.15, 0.2) is 18.5 Å². The Bertz CT molecular complexity index is 699. The Balaban J connectivity index is 2.10. The zero-order valence-electron chi connectivity index (χ0n) is 12.1. The van der Waals surface area contributed by atoms with Crippen LogP contribution < -0.4 is 5.46 Å². The van der Waals surface area contributed by atoms with Gasteiger partial charge < -0.3 is 14.3 Å². The lowest BCUT2D eigenvalue weighted by Crippen LogP contribution is -2.41. The Kier molecular flexibility index (Phi) is 2.68. The van der Waals surface area contributed by atoms with Gasteiger partial charge in [0.1, 0.15) is 11.0 Å². The molecule has 6 heteroatoms. The highest BCUT2D eigenvalue weighted by Crippen LogP contribution is 2.37. The van der Waals surface area contributed by atoms with Crippen molar-refractivity contribution in [1.82, 2.24) is 9.97 Å². The number of nitrogens with one attached hydrogen (secondary N) is 1. The number of hydrogen-bond acceptors (Lipinski definition) is 3. The summed E-state index contributed by atoms with van der Waals surface area (Å²) in [6.45, 7) is 13.6. The molecule has 0 atom stereocenters. The zero-order chi connectivity index (χ0) is 14.5. The van der Waals surface area contributed by atoms with Gasteiger partial charge in [0.2, 0.25) is 0 Å². The second kappa shape index (κ2) is 4.08. The van der Waals surface area contributed by atoms with E-state index in [1.54, 1.807) is 12.4 Å². The number of H-pyrrole nitrogens is 1. The van der Waals surface area contributed by atoms with Gasteiger partial charge >= 0.3 is 12.8 Å². The van der Waals surface area contributed by atoms with Crippen LogP contribution in [0.1, 0.15) is 27.7 Å². The van der Waals surface area contributed by atoms with E-state index in [0.717, 1.165) is 16.5 Å². The lowest BCUT2D eigenvalue weighted by molar-refractivity contribution is 0.00578. The third kappa shape index (κ3) is 1.74. The molecule has 5 nitrogen and oxygen atoms in total. The van der Waals surface area contributed by atoms with Crippen molar-refractivity contribution in [3.8, 4) is 6.57 Å². The van der Waals surface area contributed by atoms with Crippen molar-refractivity contribution >= 4 is 29.3 Å². The van der Waals surface area contributed by atoms with E-state index in [0.29, 0.717) is 5.69 Å². The van der Waals surface area contributed by atoms with E-state index in [9.17, 15) is 0 Å². The Hall–Kier alpha value is -1.84. The van der Waals surface area contributed by atoms with E-state index >= 15 is 0 Å². The zero-order valence-corrected chi connectivity index (χ0v) is 12.1. The topological polar surface area (TPSA) is 51.5 Å². The average molecular weight is 270 g/mol. The summed E-state index contributed by atoms with van der Waals surface area (Å²) in [5.74, 6) is 0. The molecule has 0 saturated carbocycles. The smallest absolute Gasteiger partial charge is 0.399 e. The fourth-order valence-electron chi connectivity index (χ4n) is 2.30. The molecular weight excluding hydrogens is 253 g/mol. The molecule has 0 aliphatic carbocycles. The van der Waals surface area contributed by atoms with Crippen molar-refractivity contribution in [2.75, 3.05) is 0 Å². The van der Waals surface area contributed by atoms with Crippen LogP contribution in [0.3, 0.4) is 0 Å². The third-order valence-electron chi connectivity index (χ3n) is 4.22. The minimum Gasteiger partial charge on any atom is -0.399 e. The Morgan fingerprint density at radius 3 is 2.50 bits per heavy atom. The average Bonchev–Trinajstić information content (AvgIpc) is 2.91. The fraction of sp³-hybridized carbons (Fsp3) is 0.429. The second-order valence-electron chi connectivity index (χ2n) is 6.02. The maximum atomic E-state index is 6.03. The Labute approximate surface area is 118 Å². The van der Waals surface area contributed by atoms with Crippen LogP contribution in [0.4, 0.5) is 5.69 Å². The summed E-state index contributed by atoms with van der Waals surface area (Å²) in [6.07, 6.45) is 3.51. The van der Waals surface area contributed by atoms with E-state index < -0.39 is 18.3 Å². The molecule has 3 heterocycles. The molecule has 0 amide bonds. The van der Waals surface area contributed by atoms with Crippen LogP contribution in [-0.2, 0) is 9.31 Å². The number of aromatic amines is 1. The molecule has 2 aromatic rings. The quantitative estimate of drug-likeness (QED) is 0.810. The highest BCUT2D eigenvalue weighted by molar-refractivity contribution is 6.64. The molecule has 20 heavy (non-hydrogen) atoms. The molecule has 0 unspecified atom stereocenters. The normalized spacial score (nSPS) is 20.2. The van der Waals surface area contributed by atoms with E-state index in [2.05, 4.69) is 14.8 Å². The summed E-state index contributed by atoms with van der Waals surface area (Å²) in [5, 5.41) is 0.861. The first kappa shape index (κ1) is 13.2. The molecule has 1 aliphatic heterocycles. The minimum atomic E-state index is -0.519. The first-order chi connectivity index (χ1) is 9.36. The molecule has 1 aliphatic rings. The number of pyridine rings is 1. The SMILES string of the molecule is C#[N+]c1c(B2OC(C)(C)C(C)(C)O2)cnc2[nH]ccc12. The highest BCUT2D eigenvalue weighted by atomic mass is 16.7. The molecule has 0 spiro atoms. The largest absolute Gasteiger partial charge is 0.504 e. The first-order valence-corrected chi connectivity index (χ1v) is 6.58. The van der Waals surface area contributed by atoms with Crippen LogP contribution in [0.2, 0.25) is 0 Å². The molecule has 1 fully saturated rings. The summed E-state index contributed by atoms with van der Waals surface area (Å²) in [7, 11) is -0.519. The summed E-state index contributed by atoms with van der Waals surface area (Å²) in [6, 6.07) is 1.89. The van der Waals surface area contributed by atoms with Gasteiger partial charge in [0.05, 0.1) is 16.7 Å². The lowest BCUT2D eigenvalue weighted by Gasteiger charge is -2.32. The van der Waals surface area contributed by atoms with Crippen LogP contribution in [0, 0.1) is 6.57 Å². The maximum absolute atomic E-state index is 6.03. The van der Waals surface area contributed by atoms with Crippen LogP contribution in [0.5, 0.6) is 0 Å². The van der Waals surface area contributed by atoms with Crippen molar-refractivity contribution in [1.29, 1.82) is 0 Å². The van der Waals surface area contributed by atoms with Crippen LogP contribution >= 0.6 is 0 Å². The summed E-state index contributed by atoms with van der Waals surface area (Å²) < 4.78 is 12.1. The summed E-state index contributed by atoms with van der Waals surface area (Å²) in [4.78, 5) is 11.3. The number of hydrogen-bond donors (Lipinski definition) is 1. The number of nitrogens with zero attached hydrogens (tertiary/aromatic N) is 2. The van der Waals surface area contributed by atoms with Crippen molar-refractivity contribution in [3.05, 3.63) is 23.3 Å². The molecule has 0 radical (unpaired) electrons. The standard InChI is InChI=1S/C14H17BN3O2/c1-13(2)14(3,4)20-15(19-13)10-8-18-12-9(6-7-17-12)11(10)16-5/h5-8H,1-4H3,(H,17,18)/q+1. The van der Waals surface area contributed by atoms with Gasteiger partial charge in [-0.25, -0.2) is 4.98 Å². The van der Waals surface area contributed by atoms with Gasteiger partial charge in [-0.1, -0.05) is 0 Å². The molecular formula is C14H17BN3O2+. The summed E-state index contributed by atoms with van der Waals surface area (Å²) >= 11 is 0. The van der Waals surface area contributed by atoms with Gasteiger partial charge in [-0.15, -0.1) is 0 Å². The molecule has 1 N–H and O–H groups in total.